The predicted octanol–water partition coefficient (Wildman–Crippen LogP) is 1.13. The molecule has 6 heteroatoms. The second kappa shape index (κ2) is 4.44. The van der Waals surface area contributed by atoms with Gasteiger partial charge in [-0.3, -0.25) is 14.7 Å². The molecule has 1 aromatic rings. The summed E-state index contributed by atoms with van der Waals surface area (Å²) >= 11 is 0. The highest BCUT2D eigenvalue weighted by molar-refractivity contribution is 5.93. The van der Waals surface area contributed by atoms with Crippen molar-refractivity contribution in [2.75, 3.05) is 6.54 Å². The maximum atomic E-state index is 11.8. The van der Waals surface area contributed by atoms with Crippen LogP contribution in [0.3, 0.4) is 0 Å². The first-order valence-electron chi connectivity index (χ1n) is 6.01. The molecule has 0 unspecified atom stereocenters. The van der Waals surface area contributed by atoms with Gasteiger partial charge in [-0.05, 0) is 24.8 Å². The summed E-state index contributed by atoms with van der Waals surface area (Å²) in [4.78, 5) is 22.7. The van der Waals surface area contributed by atoms with Crippen molar-refractivity contribution in [3.05, 3.63) is 17.5 Å². The second-order valence-corrected chi connectivity index (χ2v) is 5.13. The number of aliphatic carboxylic acids is 1. The van der Waals surface area contributed by atoms with Gasteiger partial charge in [0.15, 0.2) is 0 Å². The average Bonchev–Trinajstić information content (AvgIpc) is 2.94. The molecule has 1 fully saturated rings. The third-order valence-corrected chi connectivity index (χ3v) is 3.35. The zero-order chi connectivity index (χ0) is 13.3. The van der Waals surface area contributed by atoms with Gasteiger partial charge in [0, 0.05) is 12.2 Å². The van der Waals surface area contributed by atoms with Gasteiger partial charge in [-0.2, -0.15) is 5.10 Å². The normalized spacial score (nSPS) is 16.6. The van der Waals surface area contributed by atoms with Gasteiger partial charge in [0.25, 0.3) is 5.91 Å². The fourth-order valence-electron chi connectivity index (χ4n) is 1.71. The van der Waals surface area contributed by atoms with Gasteiger partial charge < -0.3 is 10.4 Å². The van der Waals surface area contributed by atoms with E-state index in [0.717, 1.165) is 5.69 Å². The number of carbonyl (C=O) groups excluding carboxylic acids is 1. The number of rotatable bonds is 5. The van der Waals surface area contributed by atoms with Crippen molar-refractivity contribution in [1.82, 2.24) is 15.5 Å². The Morgan fingerprint density at radius 2 is 2.22 bits per heavy atom. The molecule has 0 spiro atoms. The first kappa shape index (κ1) is 12.6. The smallest absolute Gasteiger partial charge is 0.311 e. The van der Waals surface area contributed by atoms with Crippen LogP contribution in [0.15, 0.2) is 6.07 Å². The molecule has 6 nitrogen and oxygen atoms in total. The monoisotopic (exact) mass is 251 g/mol. The molecule has 1 aliphatic carbocycles. The molecule has 98 valence electrons. The van der Waals surface area contributed by atoms with Crippen molar-refractivity contribution in [3.8, 4) is 0 Å². The molecule has 0 aliphatic heterocycles. The first-order valence-corrected chi connectivity index (χ1v) is 6.01. The number of H-pyrrole nitrogens is 1. The highest BCUT2D eigenvalue weighted by atomic mass is 16.4. The molecule has 3 N–H and O–H groups in total. The third-order valence-electron chi connectivity index (χ3n) is 3.35. The van der Waals surface area contributed by atoms with E-state index in [1.54, 1.807) is 6.07 Å². The van der Waals surface area contributed by atoms with Crippen molar-refractivity contribution in [2.45, 2.75) is 32.6 Å². The van der Waals surface area contributed by atoms with Crippen molar-refractivity contribution in [1.29, 1.82) is 0 Å². The third kappa shape index (κ3) is 2.37. The molecule has 2 rings (SSSR count). The summed E-state index contributed by atoms with van der Waals surface area (Å²) in [6.45, 7) is 4.17. The average molecular weight is 251 g/mol. The zero-order valence-electron chi connectivity index (χ0n) is 10.5. The summed E-state index contributed by atoms with van der Waals surface area (Å²) in [6, 6.07) is 1.69. The summed E-state index contributed by atoms with van der Waals surface area (Å²) in [5.74, 6) is -0.897. The minimum absolute atomic E-state index is 0.172. The largest absolute Gasteiger partial charge is 0.481 e. The molecule has 18 heavy (non-hydrogen) atoms. The van der Waals surface area contributed by atoms with Gasteiger partial charge in [-0.15, -0.1) is 0 Å². The lowest BCUT2D eigenvalue weighted by Crippen LogP contribution is -2.34. The van der Waals surface area contributed by atoms with Gasteiger partial charge in [0.05, 0.1) is 5.41 Å². The van der Waals surface area contributed by atoms with Crippen molar-refractivity contribution in [2.24, 2.45) is 5.41 Å². The summed E-state index contributed by atoms with van der Waals surface area (Å²) in [7, 11) is 0. The van der Waals surface area contributed by atoms with E-state index >= 15 is 0 Å². The molecular weight excluding hydrogens is 234 g/mol. The standard InChI is InChI=1S/C12H17N3O3/c1-7(2)8-5-9(15-14-8)10(16)13-6-12(3-4-12)11(17)18/h5,7H,3-4,6H2,1-2H3,(H,13,16)(H,14,15)(H,17,18). The minimum Gasteiger partial charge on any atom is -0.481 e. The molecule has 1 aliphatic rings. The number of carboxylic acid groups (broad SMARTS) is 1. The number of carbonyl (C=O) groups is 2. The highest BCUT2D eigenvalue weighted by Crippen LogP contribution is 2.45. The van der Waals surface area contributed by atoms with Crippen LogP contribution in [0.5, 0.6) is 0 Å². The predicted molar refractivity (Wildman–Crippen MR) is 64.3 cm³/mol. The number of hydrogen-bond acceptors (Lipinski definition) is 3. The number of aromatic nitrogens is 2. The Hall–Kier alpha value is -1.85. The summed E-state index contributed by atoms with van der Waals surface area (Å²) < 4.78 is 0. The number of amides is 1. The molecule has 1 aromatic heterocycles. The maximum Gasteiger partial charge on any atom is 0.311 e. The Kier molecular flexibility index (Phi) is 3.11. The Labute approximate surface area is 105 Å². The van der Waals surface area contributed by atoms with Crippen LogP contribution in [0.2, 0.25) is 0 Å². The van der Waals surface area contributed by atoms with Crippen molar-refractivity contribution < 1.29 is 14.7 Å². The molecular formula is C12H17N3O3. The number of nitrogens with one attached hydrogen (secondary N) is 2. The second-order valence-electron chi connectivity index (χ2n) is 5.13. The van der Waals surface area contributed by atoms with E-state index in [0.29, 0.717) is 18.5 Å². The SMILES string of the molecule is CC(C)c1cc(C(=O)NCC2(C(=O)O)CC2)n[nH]1. The lowest BCUT2D eigenvalue weighted by atomic mass is 10.1. The minimum atomic E-state index is -0.840. The van der Waals surface area contributed by atoms with Crippen LogP contribution in [0, 0.1) is 5.41 Å². The quantitative estimate of drug-likeness (QED) is 0.731. The molecule has 0 atom stereocenters. The van der Waals surface area contributed by atoms with E-state index in [1.807, 2.05) is 13.8 Å². The van der Waals surface area contributed by atoms with Crippen molar-refractivity contribution >= 4 is 11.9 Å². The fraction of sp³-hybridized carbons (Fsp3) is 0.583. The van der Waals surface area contributed by atoms with Gasteiger partial charge in [0.2, 0.25) is 0 Å². The van der Waals surface area contributed by atoms with E-state index in [9.17, 15) is 9.59 Å². The van der Waals surface area contributed by atoms with Gasteiger partial charge in [0.1, 0.15) is 5.69 Å². The van der Waals surface area contributed by atoms with E-state index in [1.165, 1.54) is 0 Å². The number of hydrogen-bond donors (Lipinski definition) is 3. The topological polar surface area (TPSA) is 95.1 Å². The Morgan fingerprint density at radius 3 is 2.67 bits per heavy atom. The highest BCUT2D eigenvalue weighted by Gasteiger charge is 2.50. The Bertz CT molecular complexity index is 475. The number of aromatic amines is 1. The van der Waals surface area contributed by atoms with Crippen LogP contribution in [0.4, 0.5) is 0 Å². The number of carboxylic acids is 1. The summed E-state index contributed by atoms with van der Waals surface area (Å²) in [5, 5.41) is 18.3. The van der Waals surface area contributed by atoms with E-state index in [-0.39, 0.29) is 18.4 Å². The maximum absolute atomic E-state index is 11.8. The fourth-order valence-corrected chi connectivity index (χ4v) is 1.71. The molecule has 0 saturated heterocycles. The Morgan fingerprint density at radius 1 is 1.56 bits per heavy atom. The van der Waals surface area contributed by atoms with Crippen molar-refractivity contribution in [3.63, 3.8) is 0 Å². The Balaban J connectivity index is 1.94. The molecule has 0 aromatic carbocycles. The lowest BCUT2D eigenvalue weighted by molar-refractivity contribution is -0.143. The van der Waals surface area contributed by atoms with Crippen LogP contribution in [-0.2, 0) is 4.79 Å². The van der Waals surface area contributed by atoms with Crippen LogP contribution in [0.1, 0.15) is 48.8 Å². The van der Waals surface area contributed by atoms with Crippen LogP contribution < -0.4 is 5.32 Å². The van der Waals surface area contributed by atoms with Gasteiger partial charge in [-0.25, -0.2) is 0 Å². The first-order chi connectivity index (χ1) is 8.44. The van der Waals surface area contributed by atoms with E-state index in [2.05, 4.69) is 15.5 Å². The summed E-state index contributed by atoms with van der Waals surface area (Å²) in [6.07, 6.45) is 1.25. The van der Waals surface area contributed by atoms with Gasteiger partial charge >= 0.3 is 5.97 Å². The van der Waals surface area contributed by atoms with E-state index < -0.39 is 11.4 Å². The molecule has 1 amide bonds. The zero-order valence-corrected chi connectivity index (χ0v) is 10.5. The molecule has 1 saturated carbocycles. The van der Waals surface area contributed by atoms with Crippen LogP contribution >= 0.6 is 0 Å². The lowest BCUT2D eigenvalue weighted by Gasteiger charge is -2.09. The molecule has 0 bridgehead atoms. The molecule has 0 radical (unpaired) electrons. The van der Waals surface area contributed by atoms with Crippen LogP contribution in [-0.4, -0.2) is 33.7 Å². The van der Waals surface area contributed by atoms with Crippen LogP contribution in [0.25, 0.3) is 0 Å². The molecule has 1 heterocycles. The number of nitrogens with zero attached hydrogens (tertiary/aromatic N) is 1. The van der Waals surface area contributed by atoms with E-state index in [4.69, 9.17) is 5.11 Å². The summed E-state index contributed by atoms with van der Waals surface area (Å²) in [5.41, 5.74) is 0.451. The van der Waals surface area contributed by atoms with Gasteiger partial charge in [-0.1, -0.05) is 13.8 Å².